The Bertz CT molecular complexity index is 658. The Labute approximate surface area is 114 Å². The third kappa shape index (κ3) is 2.62. The van der Waals surface area contributed by atoms with E-state index in [1.165, 1.54) is 6.07 Å². The lowest BCUT2D eigenvalue weighted by Crippen LogP contribution is -2.14. The van der Waals surface area contributed by atoms with Crippen molar-refractivity contribution in [2.45, 2.75) is 20.0 Å². The first-order valence-electron chi connectivity index (χ1n) is 5.86. The average Bonchev–Trinajstić information content (AvgIpc) is 2.69. The zero-order valence-electron chi connectivity index (χ0n) is 10.9. The first-order valence-corrected chi connectivity index (χ1v) is 5.86. The van der Waals surface area contributed by atoms with Gasteiger partial charge in [-0.3, -0.25) is 10.1 Å². The van der Waals surface area contributed by atoms with E-state index in [4.69, 9.17) is 5.26 Å². The predicted molar refractivity (Wildman–Crippen MR) is 69.1 cm³/mol. The second-order valence-electron chi connectivity index (χ2n) is 4.43. The molecule has 1 aromatic heterocycles. The molecule has 0 saturated heterocycles. The number of nitriles is 1. The van der Waals surface area contributed by atoms with Crippen molar-refractivity contribution in [1.82, 2.24) is 4.68 Å². The molecule has 0 atom stereocenters. The van der Waals surface area contributed by atoms with Crippen LogP contribution >= 0.6 is 0 Å². The molecule has 20 heavy (non-hydrogen) atoms. The number of aryl methyl sites for hydroxylation is 2. The molecule has 2 rings (SSSR count). The van der Waals surface area contributed by atoms with Gasteiger partial charge >= 0.3 is 6.18 Å². The number of hydrogen-bond acceptors (Lipinski definition) is 2. The van der Waals surface area contributed by atoms with E-state index in [1.54, 1.807) is 10.7 Å². The van der Waals surface area contributed by atoms with Crippen molar-refractivity contribution < 1.29 is 13.2 Å². The Balaban J connectivity index is 2.42. The van der Waals surface area contributed by atoms with Gasteiger partial charge in [0.15, 0.2) is 0 Å². The summed E-state index contributed by atoms with van der Waals surface area (Å²) in [5.74, 6) is 0. The van der Waals surface area contributed by atoms with Crippen LogP contribution < -0.4 is 5.43 Å². The first kappa shape index (κ1) is 14.0. The molecule has 1 aromatic carbocycles. The van der Waals surface area contributed by atoms with Crippen molar-refractivity contribution >= 4 is 5.69 Å². The van der Waals surface area contributed by atoms with E-state index in [2.05, 4.69) is 5.43 Å². The molecule has 6 heteroatoms. The summed E-state index contributed by atoms with van der Waals surface area (Å²) in [5.41, 5.74) is 4.19. The molecule has 0 radical (unpaired) electrons. The first-order chi connectivity index (χ1) is 9.32. The molecule has 0 unspecified atom stereocenters. The van der Waals surface area contributed by atoms with E-state index < -0.39 is 11.7 Å². The smallest absolute Gasteiger partial charge is 0.293 e. The second-order valence-corrected chi connectivity index (χ2v) is 4.43. The Kier molecular flexibility index (Phi) is 3.45. The van der Waals surface area contributed by atoms with Crippen molar-refractivity contribution in [1.29, 1.82) is 5.26 Å². The normalized spacial score (nSPS) is 11.2. The van der Waals surface area contributed by atoms with E-state index in [0.29, 0.717) is 5.69 Å². The summed E-state index contributed by atoms with van der Waals surface area (Å²) >= 11 is 0. The Morgan fingerprint density at radius 1 is 1.10 bits per heavy atom. The van der Waals surface area contributed by atoms with Gasteiger partial charge in [0.05, 0.1) is 16.8 Å². The van der Waals surface area contributed by atoms with Crippen LogP contribution in [0.3, 0.4) is 0 Å². The van der Waals surface area contributed by atoms with Gasteiger partial charge in [-0.1, -0.05) is 0 Å². The van der Waals surface area contributed by atoms with Crippen LogP contribution in [0.1, 0.15) is 22.5 Å². The molecular weight excluding hydrogens is 267 g/mol. The topological polar surface area (TPSA) is 40.8 Å². The van der Waals surface area contributed by atoms with Gasteiger partial charge in [0.25, 0.3) is 0 Å². The lowest BCUT2D eigenvalue weighted by atomic mass is 10.1. The summed E-state index contributed by atoms with van der Waals surface area (Å²) in [6.45, 7) is 3.71. The Morgan fingerprint density at radius 3 is 2.20 bits per heavy atom. The zero-order chi connectivity index (χ0) is 14.9. The summed E-state index contributed by atoms with van der Waals surface area (Å²) in [5, 5.41) is 9.01. The third-order valence-electron chi connectivity index (χ3n) is 2.97. The minimum Gasteiger partial charge on any atom is -0.293 e. The van der Waals surface area contributed by atoms with Gasteiger partial charge in [0, 0.05) is 11.4 Å². The molecule has 104 valence electrons. The van der Waals surface area contributed by atoms with Gasteiger partial charge in [-0.2, -0.15) is 18.4 Å². The summed E-state index contributed by atoms with van der Waals surface area (Å²) < 4.78 is 39.5. The molecule has 0 saturated carbocycles. The fraction of sp³-hybridized carbons (Fsp3) is 0.214. The van der Waals surface area contributed by atoms with Gasteiger partial charge in [-0.05, 0) is 44.2 Å². The minimum absolute atomic E-state index is 0.0488. The number of rotatable bonds is 2. The van der Waals surface area contributed by atoms with Crippen LogP contribution in [0.4, 0.5) is 18.9 Å². The lowest BCUT2D eigenvalue weighted by Gasteiger charge is -2.15. The fourth-order valence-electron chi connectivity index (χ4n) is 1.88. The largest absolute Gasteiger partial charge is 0.416 e. The average molecular weight is 279 g/mol. The highest BCUT2D eigenvalue weighted by molar-refractivity contribution is 5.59. The van der Waals surface area contributed by atoms with Crippen LogP contribution in [0.15, 0.2) is 30.3 Å². The minimum atomic E-state index is -4.45. The van der Waals surface area contributed by atoms with Crippen LogP contribution in [0.2, 0.25) is 0 Å². The second kappa shape index (κ2) is 4.93. The predicted octanol–water partition coefficient (Wildman–Crippen LogP) is 3.87. The molecule has 1 heterocycles. The van der Waals surface area contributed by atoms with Crippen molar-refractivity contribution in [2.75, 3.05) is 5.43 Å². The van der Waals surface area contributed by atoms with Crippen LogP contribution in [0, 0.1) is 25.2 Å². The maximum atomic E-state index is 12.6. The molecule has 0 aliphatic carbocycles. The number of hydrogen-bond donors (Lipinski definition) is 1. The summed E-state index contributed by atoms with van der Waals surface area (Å²) in [4.78, 5) is 0. The van der Waals surface area contributed by atoms with Gasteiger partial charge < -0.3 is 0 Å². The van der Waals surface area contributed by atoms with Crippen LogP contribution in [-0.2, 0) is 6.18 Å². The SMILES string of the molecule is Cc1ccc(C)n1Nc1ccc(C(F)(F)F)cc1C#N. The molecule has 0 fully saturated rings. The Hall–Kier alpha value is -2.42. The fourth-order valence-corrected chi connectivity index (χ4v) is 1.88. The summed E-state index contributed by atoms with van der Waals surface area (Å²) in [6.07, 6.45) is -4.45. The van der Waals surface area contributed by atoms with Gasteiger partial charge in [0.1, 0.15) is 6.07 Å². The summed E-state index contributed by atoms with van der Waals surface area (Å²) in [7, 11) is 0. The van der Waals surface area contributed by atoms with Crippen molar-refractivity contribution in [3.63, 3.8) is 0 Å². The molecule has 0 aliphatic heterocycles. The number of nitrogens with zero attached hydrogens (tertiary/aromatic N) is 2. The van der Waals surface area contributed by atoms with E-state index >= 15 is 0 Å². The molecule has 0 spiro atoms. The van der Waals surface area contributed by atoms with Gasteiger partial charge in [-0.25, -0.2) is 0 Å². The van der Waals surface area contributed by atoms with Gasteiger partial charge in [0.2, 0.25) is 0 Å². The van der Waals surface area contributed by atoms with E-state index in [-0.39, 0.29) is 5.56 Å². The highest BCUT2D eigenvalue weighted by atomic mass is 19.4. The molecule has 1 N–H and O–H groups in total. The van der Waals surface area contributed by atoms with Gasteiger partial charge in [-0.15, -0.1) is 0 Å². The number of halogens is 3. The maximum Gasteiger partial charge on any atom is 0.416 e. The molecule has 2 aromatic rings. The molecular formula is C14H12F3N3. The van der Waals surface area contributed by atoms with Crippen molar-refractivity contribution in [3.8, 4) is 6.07 Å². The molecule has 0 amide bonds. The molecule has 3 nitrogen and oxygen atoms in total. The van der Waals surface area contributed by atoms with Crippen molar-refractivity contribution in [3.05, 3.63) is 52.8 Å². The standard InChI is InChI=1S/C14H12F3N3/c1-9-3-4-10(2)20(9)19-13-6-5-12(14(15,16)17)7-11(13)8-18/h3-7,19H,1-2H3. The number of nitrogens with one attached hydrogen (secondary N) is 1. The van der Waals surface area contributed by atoms with Crippen molar-refractivity contribution in [2.24, 2.45) is 0 Å². The van der Waals surface area contributed by atoms with E-state index in [9.17, 15) is 13.2 Å². The van der Waals surface area contributed by atoms with E-state index in [0.717, 1.165) is 23.5 Å². The third-order valence-corrected chi connectivity index (χ3v) is 2.97. The van der Waals surface area contributed by atoms with Crippen LogP contribution in [0.25, 0.3) is 0 Å². The molecule has 0 aliphatic rings. The number of alkyl halides is 3. The van der Waals surface area contributed by atoms with Crippen LogP contribution in [0.5, 0.6) is 0 Å². The number of aromatic nitrogens is 1. The summed E-state index contributed by atoms with van der Waals surface area (Å²) in [6, 6.07) is 8.59. The Morgan fingerprint density at radius 2 is 1.70 bits per heavy atom. The lowest BCUT2D eigenvalue weighted by molar-refractivity contribution is -0.137. The maximum absolute atomic E-state index is 12.6. The quantitative estimate of drug-likeness (QED) is 0.906. The monoisotopic (exact) mass is 279 g/mol. The molecule has 0 bridgehead atoms. The van der Waals surface area contributed by atoms with Crippen LogP contribution in [-0.4, -0.2) is 4.68 Å². The number of anilines is 1. The highest BCUT2D eigenvalue weighted by Gasteiger charge is 2.31. The zero-order valence-corrected chi connectivity index (χ0v) is 10.9. The van der Waals surface area contributed by atoms with E-state index in [1.807, 2.05) is 26.0 Å². The number of benzene rings is 1. The highest BCUT2D eigenvalue weighted by Crippen LogP contribution is 2.31.